The minimum absolute atomic E-state index is 0.119. The van der Waals surface area contributed by atoms with Crippen molar-refractivity contribution in [1.29, 1.82) is 0 Å². The summed E-state index contributed by atoms with van der Waals surface area (Å²) in [5.74, 6) is -0.283. The quantitative estimate of drug-likeness (QED) is 0.738. The first-order chi connectivity index (χ1) is 10.5. The lowest BCUT2D eigenvalue weighted by Crippen LogP contribution is -2.18. The highest BCUT2D eigenvalue weighted by molar-refractivity contribution is 6.09. The number of ketones is 1. The Morgan fingerprint density at radius 2 is 1.82 bits per heavy atom. The molecule has 1 N–H and O–H groups in total. The molecule has 110 valence electrons. The average molecular weight is 292 g/mol. The van der Waals surface area contributed by atoms with E-state index in [4.69, 9.17) is 0 Å². The minimum atomic E-state index is -0.333. The van der Waals surface area contributed by atoms with Crippen LogP contribution in [0.25, 0.3) is 11.0 Å². The first-order valence-electron chi connectivity index (χ1n) is 7.08. The number of rotatable bonds is 2. The molecular weight excluding hydrogens is 276 g/mol. The second-order valence-corrected chi connectivity index (χ2v) is 5.51. The Bertz CT molecular complexity index is 955. The van der Waals surface area contributed by atoms with Gasteiger partial charge in [0.05, 0.1) is 11.1 Å². The second-order valence-electron chi connectivity index (χ2n) is 5.51. The van der Waals surface area contributed by atoms with Gasteiger partial charge in [0.2, 0.25) is 5.43 Å². The number of H-pyrrole nitrogens is 1. The molecule has 0 atom stereocenters. The molecule has 0 aliphatic carbocycles. The highest BCUT2D eigenvalue weighted by Crippen LogP contribution is 2.14. The fraction of sp³-hybridized carbons (Fsp3) is 0.167. The van der Waals surface area contributed by atoms with E-state index in [0.717, 1.165) is 16.8 Å². The zero-order valence-electron chi connectivity index (χ0n) is 12.7. The molecule has 22 heavy (non-hydrogen) atoms. The molecular formula is C18H16N2O2. The molecule has 3 aromatic rings. The van der Waals surface area contributed by atoms with E-state index >= 15 is 0 Å². The fourth-order valence-electron chi connectivity index (χ4n) is 2.40. The van der Waals surface area contributed by atoms with Crippen LogP contribution < -0.4 is 5.43 Å². The van der Waals surface area contributed by atoms with Crippen molar-refractivity contribution < 1.29 is 4.79 Å². The SMILES string of the molecule is Cc1ccc2[nH]cc(C(=O)c3ccc(C)c(C)c3)c(=O)c2n1. The molecule has 0 aliphatic heterocycles. The van der Waals surface area contributed by atoms with Crippen LogP contribution in [0.1, 0.15) is 32.7 Å². The smallest absolute Gasteiger partial charge is 0.218 e. The van der Waals surface area contributed by atoms with Crippen LogP contribution in [-0.2, 0) is 0 Å². The molecule has 0 saturated heterocycles. The summed E-state index contributed by atoms with van der Waals surface area (Å²) in [6.45, 7) is 5.75. The molecule has 1 aromatic carbocycles. The number of pyridine rings is 2. The molecule has 0 bridgehead atoms. The number of carbonyl (C=O) groups is 1. The zero-order valence-corrected chi connectivity index (χ0v) is 12.7. The third-order valence-corrected chi connectivity index (χ3v) is 3.88. The maximum absolute atomic E-state index is 12.6. The van der Waals surface area contributed by atoms with Crippen LogP contribution in [0.4, 0.5) is 0 Å². The summed E-state index contributed by atoms with van der Waals surface area (Å²) < 4.78 is 0. The number of aromatic nitrogens is 2. The summed E-state index contributed by atoms with van der Waals surface area (Å²) in [6, 6.07) is 9.07. The molecule has 0 saturated carbocycles. The topological polar surface area (TPSA) is 62.8 Å². The molecule has 0 amide bonds. The van der Waals surface area contributed by atoms with Crippen molar-refractivity contribution in [2.45, 2.75) is 20.8 Å². The lowest BCUT2D eigenvalue weighted by atomic mass is 9.99. The summed E-state index contributed by atoms with van der Waals surface area (Å²) in [4.78, 5) is 32.4. The molecule has 3 rings (SSSR count). The van der Waals surface area contributed by atoms with Gasteiger partial charge in [-0.25, -0.2) is 4.98 Å². The van der Waals surface area contributed by atoms with Gasteiger partial charge in [0.25, 0.3) is 0 Å². The predicted molar refractivity (Wildman–Crippen MR) is 86.4 cm³/mol. The van der Waals surface area contributed by atoms with Gasteiger partial charge in [-0.3, -0.25) is 9.59 Å². The van der Waals surface area contributed by atoms with Gasteiger partial charge in [0.1, 0.15) is 5.52 Å². The lowest BCUT2D eigenvalue weighted by Gasteiger charge is -2.06. The Labute approximate surface area is 127 Å². The zero-order chi connectivity index (χ0) is 15.9. The van der Waals surface area contributed by atoms with Crippen molar-refractivity contribution in [2.75, 3.05) is 0 Å². The van der Waals surface area contributed by atoms with Gasteiger partial charge in [-0.2, -0.15) is 0 Å². The lowest BCUT2D eigenvalue weighted by molar-refractivity contribution is 0.103. The van der Waals surface area contributed by atoms with Crippen molar-refractivity contribution >= 4 is 16.8 Å². The number of nitrogens with one attached hydrogen (secondary N) is 1. The molecule has 0 spiro atoms. The summed E-state index contributed by atoms with van der Waals surface area (Å²) in [6.07, 6.45) is 1.47. The van der Waals surface area contributed by atoms with Gasteiger partial charge >= 0.3 is 0 Å². The molecule has 4 nitrogen and oxygen atoms in total. The molecule has 0 unspecified atom stereocenters. The molecule has 0 radical (unpaired) electrons. The van der Waals surface area contributed by atoms with E-state index in [-0.39, 0.29) is 16.8 Å². The summed E-state index contributed by atoms with van der Waals surface area (Å²) >= 11 is 0. The monoisotopic (exact) mass is 292 g/mol. The molecule has 2 heterocycles. The van der Waals surface area contributed by atoms with Crippen molar-refractivity contribution in [1.82, 2.24) is 9.97 Å². The van der Waals surface area contributed by atoms with Crippen molar-refractivity contribution in [3.63, 3.8) is 0 Å². The largest absolute Gasteiger partial charge is 0.359 e. The standard InChI is InChI=1S/C18H16N2O2/c1-10-4-6-13(8-11(10)2)17(21)14-9-19-15-7-5-12(3)20-16(15)18(14)22/h4-9H,1-3H3,(H,19,22). The van der Waals surface area contributed by atoms with E-state index in [9.17, 15) is 9.59 Å². The number of benzene rings is 1. The third kappa shape index (κ3) is 2.33. The van der Waals surface area contributed by atoms with Crippen molar-refractivity contribution in [2.24, 2.45) is 0 Å². The van der Waals surface area contributed by atoms with Crippen LogP contribution in [0.15, 0.2) is 41.3 Å². The number of hydrogen-bond donors (Lipinski definition) is 1. The maximum atomic E-state index is 12.6. The fourth-order valence-corrected chi connectivity index (χ4v) is 2.40. The second kappa shape index (κ2) is 5.22. The van der Waals surface area contributed by atoms with Gasteiger partial charge in [-0.05, 0) is 50.1 Å². The van der Waals surface area contributed by atoms with Crippen LogP contribution in [0.3, 0.4) is 0 Å². The first-order valence-corrected chi connectivity index (χ1v) is 7.08. The number of aryl methyl sites for hydroxylation is 3. The average Bonchev–Trinajstić information content (AvgIpc) is 2.50. The van der Waals surface area contributed by atoms with Gasteiger partial charge in [0, 0.05) is 17.5 Å². The van der Waals surface area contributed by atoms with E-state index < -0.39 is 0 Å². The number of hydrogen-bond acceptors (Lipinski definition) is 3. The Kier molecular flexibility index (Phi) is 3.37. The van der Waals surface area contributed by atoms with E-state index in [2.05, 4.69) is 9.97 Å². The van der Waals surface area contributed by atoms with Gasteiger partial charge in [-0.1, -0.05) is 12.1 Å². The van der Waals surface area contributed by atoms with E-state index in [1.807, 2.05) is 39.0 Å². The Morgan fingerprint density at radius 1 is 1.05 bits per heavy atom. The van der Waals surface area contributed by atoms with Crippen LogP contribution in [0, 0.1) is 20.8 Å². The number of aromatic amines is 1. The van der Waals surface area contributed by atoms with Gasteiger partial charge in [-0.15, -0.1) is 0 Å². The number of nitrogens with zero attached hydrogens (tertiary/aromatic N) is 1. The molecule has 2 aromatic heterocycles. The van der Waals surface area contributed by atoms with Gasteiger partial charge in [0.15, 0.2) is 5.78 Å². The number of fused-ring (bicyclic) bond motifs is 1. The molecule has 0 aliphatic rings. The third-order valence-electron chi connectivity index (χ3n) is 3.88. The Balaban J connectivity index is 2.17. The Hall–Kier alpha value is -2.75. The summed E-state index contributed by atoms with van der Waals surface area (Å²) in [5.41, 5.74) is 4.11. The predicted octanol–water partition coefficient (Wildman–Crippen LogP) is 3.08. The minimum Gasteiger partial charge on any atom is -0.359 e. The summed E-state index contributed by atoms with van der Waals surface area (Å²) in [7, 11) is 0. The van der Waals surface area contributed by atoms with E-state index in [1.54, 1.807) is 12.1 Å². The van der Waals surface area contributed by atoms with E-state index in [1.165, 1.54) is 6.20 Å². The highest BCUT2D eigenvalue weighted by atomic mass is 16.1. The van der Waals surface area contributed by atoms with Crippen LogP contribution >= 0.6 is 0 Å². The maximum Gasteiger partial charge on any atom is 0.218 e. The normalized spacial score (nSPS) is 10.9. The van der Waals surface area contributed by atoms with Crippen molar-refractivity contribution in [3.8, 4) is 0 Å². The Morgan fingerprint density at radius 3 is 2.55 bits per heavy atom. The molecule has 0 fully saturated rings. The van der Waals surface area contributed by atoms with Crippen LogP contribution in [0.5, 0.6) is 0 Å². The highest BCUT2D eigenvalue weighted by Gasteiger charge is 2.16. The van der Waals surface area contributed by atoms with Crippen LogP contribution in [0.2, 0.25) is 0 Å². The first kappa shape index (κ1) is 14.2. The van der Waals surface area contributed by atoms with E-state index in [0.29, 0.717) is 16.6 Å². The van der Waals surface area contributed by atoms with Crippen LogP contribution in [-0.4, -0.2) is 15.8 Å². The van der Waals surface area contributed by atoms with Crippen molar-refractivity contribution in [3.05, 3.63) is 74.7 Å². The number of carbonyl (C=O) groups excluding carboxylic acids is 1. The van der Waals surface area contributed by atoms with Gasteiger partial charge < -0.3 is 4.98 Å². The summed E-state index contributed by atoms with van der Waals surface area (Å²) in [5, 5.41) is 0. The molecule has 4 heteroatoms.